The largest absolute Gasteiger partial charge is 0.373 e. The van der Waals surface area contributed by atoms with Crippen LogP contribution in [0.5, 0.6) is 0 Å². The standard InChI is InChI=1S/C16H19FN2O/c1-11-8-19(9-12(2)20-11)10-14-7-15(17)6-13-4-3-5-18-16(13)14/h3-7,11-12H,8-10H2,1-2H3. The van der Waals surface area contributed by atoms with Gasteiger partial charge in [0.05, 0.1) is 17.7 Å². The summed E-state index contributed by atoms with van der Waals surface area (Å²) >= 11 is 0. The number of halogens is 1. The maximum Gasteiger partial charge on any atom is 0.124 e. The van der Waals surface area contributed by atoms with Crippen LogP contribution in [0.1, 0.15) is 19.4 Å². The van der Waals surface area contributed by atoms with Crippen molar-refractivity contribution in [1.29, 1.82) is 0 Å². The molecule has 2 unspecified atom stereocenters. The summed E-state index contributed by atoms with van der Waals surface area (Å²) in [5, 5.41) is 0.858. The molecule has 1 aromatic heterocycles. The molecule has 1 fully saturated rings. The van der Waals surface area contributed by atoms with E-state index in [1.807, 2.05) is 12.1 Å². The van der Waals surface area contributed by atoms with Crippen molar-refractivity contribution in [3.05, 3.63) is 41.8 Å². The molecule has 0 N–H and O–H groups in total. The van der Waals surface area contributed by atoms with Gasteiger partial charge >= 0.3 is 0 Å². The maximum absolute atomic E-state index is 13.7. The lowest BCUT2D eigenvalue weighted by Crippen LogP contribution is -2.44. The topological polar surface area (TPSA) is 25.4 Å². The van der Waals surface area contributed by atoms with Gasteiger partial charge in [-0.25, -0.2) is 4.39 Å². The second kappa shape index (κ2) is 5.46. The Morgan fingerprint density at radius 2 is 2.05 bits per heavy atom. The number of pyridine rings is 1. The fraction of sp³-hybridized carbons (Fsp3) is 0.438. The molecular formula is C16H19FN2O. The highest BCUT2D eigenvalue weighted by atomic mass is 19.1. The third-order valence-corrected chi connectivity index (χ3v) is 3.64. The number of nitrogens with zero attached hydrogens (tertiary/aromatic N) is 2. The van der Waals surface area contributed by atoms with Crippen molar-refractivity contribution in [3.63, 3.8) is 0 Å². The monoisotopic (exact) mass is 274 g/mol. The van der Waals surface area contributed by atoms with Gasteiger partial charge in [0.1, 0.15) is 5.82 Å². The number of hydrogen-bond donors (Lipinski definition) is 0. The van der Waals surface area contributed by atoms with Crippen LogP contribution in [0.15, 0.2) is 30.5 Å². The smallest absolute Gasteiger partial charge is 0.124 e. The Bertz CT molecular complexity index is 606. The Morgan fingerprint density at radius 1 is 1.30 bits per heavy atom. The van der Waals surface area contributed by atoms with Crippen molar-refractivity contribution in [1.82, 2.24) is 9.88 Å². The van der Waals surface area contributed by atoms with Gasteiger partial charge in [-0.1, -0.05) is 6.07 Å². The number of benzene rings is 1. The van der Waals surface area contributed by atoms with Gasteiger partial charge in [0.15, 0.2) is 0 Å². The summed E-state index contributed by atoms with van der Waals surface area (Å²) in [6, 6.07) is 6.88. The van der Waals surface area contributed by atoms with Gasteiger partial charge in [-0.3, -0.25) is 9.88 Å². The summed E-state index contributed by atoms with van der Waals surface area (Å²) in [5.74, 6) is -0.199. The van der Waals surface area contributed by atoms with Crippen LogP contribution >= 0.6 is 0 Å². The molecule has 3 rings (SSSR count). The number of ether oxygens (including phenoxy) is 1. The minimum Gasteiger partial charge on any atom is -0.373 e. The van der Waals surface area contributed by atoms with E-state index in [1.54, 1.807) is 12.3 Å². The van der Waals surface area contributed by atoms with E-state index in [0.717, 1.165) is 29.6 Å². The third-order valence-electron chi connectivity index (χ3n) is 3.64. The summed E-state index contributed by atoms with van der Waals surface area (Å²) in [6.45, 7) is 6.60. The summed E-state index contributed by atoms with van der Waals surface area (Å²) in [7, 11) is 0. The van der Waals surface area contributed by atoms with E-state index in [1.165, 1.54) is 6.07 Å². The second-order valence-corrected chi connectivity index (χ2v) is 5.59. The molecule has 1 aliphatic heterocycles. The molecule has 1 saturated heterocycles. The molecule has 2 atom stereocenters. The lowest BCUT2D eigenvalue weighted by atomic mass is 10.1. The van der Waals surface area contributed by atoms with Gasteiger partial charge < -0.3 is 4.74 Å². The van der Waals surface area contributed by atoms with Crippen LogP contribution in [-0.4, -0.2) is 35.2 Å². The number of aromatic nitrogens is 1. The molecule has 2 aromatic rings. The molecule has 0 saturated carbocycles. The van der Waals surface area contributed by atoms with E-state index in [2.05, 4.69) is 23.7 Å². The van der Waals surface area contributed by atoms with Gasteiger partial charge in [-0.15, -0.1) is 0 Å². The van der Waals surface area contributed by atoms with Crippen molar-refractivity contribution < 1.29 is 9.13 Å². The van der Waals surface area contributed by atoms with Crippen molar-refractivity contribution >= 4 is 10.9 Å². The summed E-state index contributed by atoms with van der Waals surface area (Å²) in [4.78, 5) is 6.71. The van der Waals surface area contributed by atoms with Crippen molar-refractivity contribution in [2.24, 2.45) is 0 Å². The molecule has 1 aromatic carbocycles. The van der Waals surface area contributed by atoms with Crippen LogP contribution in [0.2, 0.25) is 0 Å². The second-order valence-electron chi connectivity index (χ2n) is 5.59. The number of hydrogen-bond acceptors (Lipinski definition) is 3. The molecule has 2 heterocycles. The molecule has 3 nitrogen and oxygen atoms in total. The van der Waals surface area contributed by atoms with Crippen LogP contribution in [0.3, 0.4) is 0 Å². The Labute approximate surface area is 118 Å². The number of morpholine rings is 1. The molecular weight excluding hydrogens is 255 g/mol. The van der Waals surface area contributed by atoms with Gasteiger partial charge in [-0.05, 0) is 37.6 Å². The minimum absolute atomic E-state index is 0.199. The van der Waals surface area contributed by atoms with Gasteiger partial charge in [0.25, 0.3) is 0 Å². The number of fused-ring (bicyclic) bond motifs is 1. The van der Waals surface area contributed by atoms with Gasteiger partial charge in [0.2, 0.25) is 0 Å². The Morgan fingerprint density at radius 3 is 2.80 bits per heavy atom. The zero-order valence-electron chi connectivity index (χ0n) is 11.8. The predicted octanol–water partition coefficient (Wildman–Crippen LogP) is 2.98. The lowest BCUT2D eigenvalue weighted by Gasteiger charge is -2.35. The zero-order chi connectivity index (χ0) is 14.1. The SMILES string of the molecule is CC1CN(Cc2cc(F)cc3cccnc23)CC(C)O1. The van der Waals surface area contributed by atoms with Crippen molar-refractivity contribution in [2.75, 3.05) is 13.1 Å². The van der Waals surface area contributed by atoms with E-state index in [0.29, 0.717) is 6.54 Å². The Kier molecular flexibility index (Phi) is 3.68. The van der Waals surface area contributed by atoms with E-state index in [9.17, 15) is 4.39 Å². The lowest BCUT2D eigenvalue weighted by molar-refractivity contribution is -0.0704. The molecule has 0 aliphatic carbocycles. The van der Waals surface area contributed by atoms with Crippen LogP contribution in [-0.2, 0) is 11.3 Å². The van der Waals surface area contributed by atoms with E-state index in [4.69, 9.17) is 4.74 Å². The predicted molar refractivity (Wildman–Crippen MR) is 77.0 cm³/mol. The first kappa shape index (κ1) is 13.5. The first-order valence-electron chi connectivity index (χ1n) is 7.03. The first-order valence-corrected chi connectivity index (χ1v) is 7.03. The highest BCUT2D eigenvalue weighted by Gasteiger charge is 2.22. The molecule has 20 heavy (non-hydrogen) atoms. The van der Waals surface area contributed by atoms with E-state index < -0.39 is 0 Å². The van der Waals surface area contributed by atoms with Crippen LogP contribution in [0.4, 0.5) is 4.39 Å². The minimum atomic E-state index is -0.199. The molecule has 0 bridgehead atoms. The molecule has 0 amide bonds. The summed E-state index contributed by atoms with van der Waals surface area (Å²) < 4.78 is 19.5. The molecule has 1 aliphatic rings. The molecule has 106 valence electrons. The molecule has 4 heteroatoms. The highest BCUT2D eigenvalue weighted by Crippen LogP contribution is 2.21. The molecule has 0 spiro atoms. The molecule has 0 radical (unpaired) electrons. The van der Waals surface area contributed by atoms with Crippen LogP contribution < -0.4 is 0 Å². The summed E-state index contributed by atoms with van der Waals surface area (Å²) in [6.07, 6.45) is 2.19. The maximum atomic E-state index is 13.7. The average molecular weight is 274 g/mol. The summed E-state index contributed by atoms with van der Waals surface area (Å²) in [5.41, 5.74) is 1.84. The van der Waals surface area contributed by atoms with Crippen LogP contribution in [0.25, 0.3) is 10.9 Å². The average Bonchev–Trinajstić information content (AvgIpc) is 2.37. The van der Waals surface area contributed by atoms with Crippen molar-refractivity contribution in [3.8, 4) is 0 Å². The third kappa shape index (κ3) is 2.81. The number of rotatable bonds is 2. The zero-order valence-corrected chi connectivity index (χ0v) is 11.8. The normalized spacial score (nSPS) is 24.1. The Hall–Kier alpha value is -1.52. The van der Waals surface area contributed by atoms with Crippen molar-refractivity contribution in [2.45, 2.75) is 32.6 Å². The first-order chi connectivity index (χ1) is 9.61. The Balaban J connectivity index is 1.90. The fourth-order valence-corrected chi connectivity index (χ4v) is 3.00. The van der Waals surface area contributed by atoms with E-state index in [-0.39, 0.29) is 18.0 Å². The fourth-order valence-electron chi connectivity index (χ4n) is 3.00. The highest BCUT2D eigenvalue weighted by molar-refractivity contribution is 5.81. The van der Waals surface area contributed by atoms with Gasteiger partial charge in [0, 0.05) is 31.2 Å². The van der Waals surface area contributed by atoms with Crippen LogP contribution in [0, 0.1) is 5.82 Å². The quantitative estimate of drug-likeness (QED) is 0.842. The van der Waals surface area contributed by atoms with E-state index >= 15 is 0 Å². The van der Waals surface area contributed by atoms with Gasteiger partial charge in [-0.2, -0.15) is 0 Å².